The quantitative estimate of drug-likeness (QED) is 0.749. The van der Waals surface area contributed by atoms with E-state index in [1.54, 1.807) is 0 Å². The second kappa shape index (κ2) is 3.18. The Morgan fingerprint density at radius 3 is 2.88 bits per heavy atom. The van der Waals surface area contributed by atoms with Crippen molar-refractivity contribution >= 4 is 16.9 Å². The molecule has 1 aliphatic carbocycles. The number of anilines is 1. The number of fused-ring (bicyclic) bond motifs is 1. The molecule has 0 radical (unpaired) electrons. The Labute approximate surface area is 92.9 Å². The monoisotopic (exact) mass is 218 g/mol. The van der Waals surface area contributed by atoms with Gasteiger partial charge in [-0.05, 0) is 25.3 Å². The summed E-state index contributed by atoms with van der Waals surface area (Å²) < 4.78 is 2.11. The molecule has 0 aromatic carbocycles. The number of aliphatic hydroxyl groups is 1. The Morgan fingerprint density at radius 2 is 2.19 bits per heavy atom. The molecule has 84 valence electrons. The zero-order valence-corrected chi connectivity index (χ0v) is 9.09. The fourth-order valence-corrected chi connectivity index (χ4v) is 2.36. The van der Waals surface area contributed by atoms with Crippen molar-refractivity contribution in [2.75, 3.05) is 5.73 Å². The molecule has 3 rings (SSSR count). The lowest BCUT2D eigenvalue weighted by Crippen LogP contribution is -2.30. The summed E-state index contributed by atoms with van der Waals surface area (Å²) in [4.78, 5) is 8.28. The molecule has 0 aliphatic heterocycles. The highest BCUT2D eigenvalue weighted by Gasteiger charge is 2.30. The molecule has 16 heavy (non-hydrogen) atoms. The SMILES string of the molecule is Cc1cn(C2CC(O)C2)c2ncnc(N)c12. The summed E-state index contributed by atoms with van der Waals surface area (Å²) in [5.74, 6) is 0.529. The van der Waals surface area contributed by atoms with Crippen LogP contribution in [0.5, 0.6) is 0 Å². The number of nitrogen functional groups attached to an aromatic ring is 1. The minimum atomic E-state index is -0.165. The van der Waals surface area contributed by atoms with Crippen LogP contribution in [0.2, 0.25) is 0 Å². The average molecular weight is 218 g/mol. The maximum Gasteiger partial charge on any atom is 0.145 e. The van der Waals surface area contributed by atoms with Crippen LogP contribution >= 0.6 is 0 Å². The lowest BCUT2D eigenvalue weighted by atomic mass is 9.89. The van der Waals surface area contributed by atoms with Gasteiger partial charge in [-0.25, -0.2) is 9.97 Å². The first-order valence-corrected chi connectivity index (χ1v) is 5.42. The van der Waals surface area contributed by atoms with Crippen LogP contribution in [0.25, 0.3) is 11.0 Å². The van der Waals surface area contributed by atoms with Gasteiger partial charge in [-0.15, -0.1) is 0 Å². The number of nitrogens with zero attached hydrogens (tertiary/aromatic N) is 3. The minimum Gasteiger partial charge on any atom is -0.393 e. The fourth-order valence-electron chi connectivity index (χ4n) is 2.36. The highest BCUT2D eigenvalue weighted by Crippen LogP contribution is 2.36. The van der Waals surface area contributed by atoms with Gasteiger partial charge in [0.25, 0.3) is 0 Å². The highest BCUT2D eigenvalue weighted by molar-refractivity contribution is 5.89. The summed E-state index contributed by atoms with van der Waals surface area (Å²) in [6.45, 7) is 2.01. The first-order valence-electron chi connectivity index (χ1n) is 5.42. The van der Waals surface area contributed by atoms with Gasteiger partial charge in [0, 0.05) is 12.2 Å². The van der Waals surface area contributed by atoms with Crippen molar-refractivity contribution in [3.8, 4) is 0 Å². The largest absolute Gasteiger partial charge is 0.393 e. The average Bonchev–Trinajstić information content (AvgIpc) is 2.53. The molecular weight excluding hydrogens is 204 g/mol. The molecule has 0 bridgehead atoms. The lowest BCUT2D eigenvalue weighted by molar-refractivity contribution is 0.0501. The Morgan fingerprint density at radius 1 is 1.44 bits per heavy atom. The molecule has 2 aromatic heterocycles. The maximum atomic E-state index is 9.34. The lowest BCUT2D eigenvalue weighted by Gasteiger charge is -2.32. The second-order valence-electron chi connectivity index (χ2n) is 4.46. The topological polar surface area (TPSA) is 77.0 Å². The van der Waals surface area contributed by atoms with Crippen molar-refractivity contribution in [1.82, 2.24) is 14.5 Å². The predicted octanol–water partition coefficient (Wildman–Crippen LogP) is 1.02. The van der Waals surface area contributed by atoms with Crippen molar-refractivity contribution < 1.29 is 5.11 Å². The van der Waals surface area contributed by atoms with E-state index in [0.29, 0.717) is 11.9 Å². The van der Waals surface area contributed by atoms with Gasteiger partial charge in [0.15, 0.2) is 0 Å². The van der Waals surface area contributed by atoms with Gasteiger partial charge in [0.2, 0.25) is 0 Å². The summed E-state index contributed by atoms with van der Waals surface area (Å²) in [7, 11) is 0. The van der Waals surface area contributed by atoms with E-state index in [1.165, 1.54) is 6.33 Å². The van der Waals surface area contributed by atoms with E-state index in [1.807, 2.05) is 13.1 Å². The predicted molar refractivity (Wildman–Crippen MR) is 61.0 cm³/mol. The number of hydrogen-bond donors (Lipinski definition) is 2. The Bertz CT molecular complexity index is 542. The molecular formula is C11H14N4O. The smallest absolute Gasteiger partial charge is 0.145 e. The molecule has 0 saturated heterocycles. The summed E-state index contributed by atoms with van der Waals surface area (Å²) >= 11 is 0. The van der Waals surface area contributed by atoms with E-state index < -0.39 is 0 Å². The van der Waals surface area contributed by atoms with Gasteiger partial charge in [0.1, 0.15) is 17.8 Å². The molecule has 2 aromatic rings. The van der Waals surface area contributed by atoms with Crippen LogP contribution in [0.3, 0.4) is 0 Å². The molecule has 0 unspecified atom stereocenters. The first kappa shape index (κ1) is 9.59. The van der Waals surface area contributed by atoms with Gasteiger partial charge >= 0.3 is 0 Å². The number of aryl methyl sites for hydroxylation is 1. The number of aliphatic hydroxyl groups excluding tert-OH is 1. The van der Waals surface area contributed by atoms with E-state index >= 15 is 0 Å². The zero-order chi connectivity index (χ0) is 11.3. The Balaban J connectivity index is 2.16. The molecule has 5 heteroatoms. The molecule has 0 atom stereocenters. The molecule has 1 saturated carbocycles. The van der Waals surface area contributed by atoms with Crippen molar-refractivity contribution in [2.24, 2.45) is 0 Å². The molecule has 0 spiro atoms. The second-order valence-corrected chi connectivity index (χ2v) is 4.46. The van der Waals surface area contributed by atoms with Gasteiger partial charge in [-0.1, -0.05) is 0 Å². The van der Waals surface area contributed by atoms with E-state index in [2.05, 4.69) is 14.5 Å². The van der Waals surface area contributed by atoms with Crippen LogP contribution < -0.4 is 5.73 Å². The van der Waals surface area contributed by atoms with Crippen LogP contribution in [-0.4, -0.2) is 25.7 Å². The summed E-state index contributed by atoms with van der Waals surface area (Å²) in [6.07, 6.45) is 4.97. The molecule has 0 amide bonds. The van der Waals surface area contributed by atoms with Crippen LogP contribution in [-0.2, 0) is 0 Å². The van der Waals surface area contributed by atoms with Crippen LogP contribution in [0.15, 0.2) is 12.5 Å². The first-order chi connectivity index (χ1) is 7.66. The zero-order valence-electron chi connectivity index (χ0n) is 9.09. The van der Waals surface area contributed by atoms with E-state index in [0.717, 1.165) is 29.4 Å². The highest BCUT2D eigenvalue weighted by atomic mass is 16.3. The molecule has 1 aliphatic rings. The Kier molecular flexibility index (Phi) is 1.91. The molecule has 3 N–H and O–H groups in total. The van der Waals surface area contributed by atoms with Gasteiger partial charge in [-0.2, -0.15) is 0 Å². The summed E-state index contributed by atoms with van der Waals surface area (Å²) in [6, 6.07) is 0.348. The summed E-state index contributed by atoms with van der Waals surface area (Å²) in [5.41, 5.74) is 7.81. The third-order valence-electron chi connectivity index (χ3n) is 3.31. The van der Waals surface area contributed by atoms with Crippen molar-refractivity contribution in [3.05, 3.63) is 18.1 Å². The number of hydrogen-bond acceptors (Lipinski definition) is 4. The van der Waals surface area contributed by atoms with E-state index in [4.69, 9.17) is 5.73 Å². The number of aromatic nitrogens is 3. The van der Waals surface area contributed by atoms with Gasteiger partial charge < -0.3 is 15.4 Å². The van der Waals surface area contributed by atoms with Crippen LogP contribution in [0.1, 0.15) is 24.4 Å². The third-order valence-corrected chi connectivity index (χ3v) is 3.31. The minimum absolute atomic E-state index is 0.165. The van der Waals surface area contributed by atoms with Crippen LogP contribution in [0.4, 0.5) is 5.82 Å². The standard InChI is InChI=1S/C11H14N4O/c1-6-4-15(7-2-8(16)3-7)11-9(6)10(12)13-5-14-11/h4-5,7-8,16H,2-3H2,1H3,(H2,12,13,14). The summed E-state index contributed by atoms with van der Waals surface area (Å²) in [5, 5.41) is 10.3. The molecule has 1 fully saturated rings. The normalized spacial score (nSPS) is 24.6. The van der Waals surface area contributed by atoms with Crippen molar-refractivity contribution in [2.45, 2.75) is 31.9 Å². The van der Waals surface area contributed by atoms with Crippen molar-refractivity contribution in [3.63, 3.8) is 0 Å². The van der Waals surface area contributed by atoms with Gasteiger partial charge in [0.05, 0.1) is 11.5 Å². The van der Waals surface area contributed by atoms with Crippen molar-refractivity contribution in [1.29, 1.82) is 0 Å². The van der Waals surface area contributed by atoms with Crippen LogP contribution in [0, 0.1) is 6.92 Å². The fraction of sp³-hybridized carbons (Fsp3) is 0.455. The van der Waals surface area contributed by atoms with Gasteiger partial charge in [-0.3, -0.25) is 0 Å². The third kappa shape index (κ3) is 1.21. The number of rotatable bonds is 1. The number of nitrogens with two attached hydrogens (primary N) is 1. The van der Waals surface area contributed by atoms with E-state index in [9.17, 15) is 5.11 Å². The molecule has 2 heterocycles. The maximum absolute atomic E-state index is 9.34. The van der Waals surface area contributed by atoms with E-state index in [-0.39, 0.29) is 6.10 Å². The molecule has 5 nitrogen and oxygen atoms in total. The Hall–Kier alpha value is -1.62.